The largest absolute Gasteiger partial charge is 0.497 e. The number of benzene rings is 3. The molecule has 0 saturated heterocycles. The Morgan fingerprint density at radius 1 is 0.906 bits per heavy atom. The zero-order valence-electron chi connectivity index (χ0n) is 18.0. The Bertz CT molecular complexity index is 1260. The first-order valence-corrected chi connectivity index (χ1v) is 11.4. The Labute approximate surface area is 192 Å². The molecule has 2 N–H and O–H groups in total. The van der Waals surface area contributed by atoms with Crippen molar-refractivity contribution in [3.8, 4) is 11.5 Å². The van der Waals surface area contributed by atoms with E-state index in [1.165, 1.54) is 26.4 Å². The van der Waals surface area contributed by atoms with E-state index in [0.29, 0.717) is 33.5 Å². The Balaban J connectivity index is 1.89. The van der Waals surface area contributed by atoms with Gasteiger partial charge in [0.25, 0.3) is 15.9 Å². The number of methoxy groups -OCH3 is 2. The molecule has 0 unspecified atom stereocenters. The average molecular weight is 475 g/mol. The summed E-state index contributed by atoms with van der Waals surface area (Å²) in [5.74, 6) is 0.538. The molecule has 0 radical (unpaired) electrons. The summed E-state index contributed by atoms with van der Waals surface area (Å²) in [6.45, 7) is 3.53. The topological polar surface area (TPSA) is 93.7 Å². The molecule has 3 aromatic rings. The standard InChI is InChI=1S/C23H23ClN2O5S/c1-14-5-10-18(32(28,29)26-16-6-8-17(30-3)9-7-16)12-19(14)23(27)25-21-11-15(2)20(24)13-22(21)31-4/h5-13,26H,1-4H3,(H,25,27). The highest BCUT2D eigenvalue weighted by molar-refractivity contribution is 7.92. The molecule has 0 saturated carbocycles. The third kappa shape index (κ3) is 5.15. The lowest BCUT2D eigenvalue weighted by atomic mass is 10.1. The number of anilines is 2. The fraction of sp³-hybridized carbons (Fsp3) is 0.174. The van der Waals surface area contributed by atoms with Gasteiger partial charge in [0, 0.05) is 22.3 Å². The van der Waals surface area contributed by atoms with Crippen molar-refractivity contribution in [2.24, 2.45) is 0 Å². The molecule has 32 heavy (non-hydrogen) atoms. The van der Waals surface area contributed by atoms with Gasteiger partial charge < -0.3 is 14.8 Å². The highest BCUT2D eigenvalue weighted by Crippen LogP contribution is 2.31. The summed E-state index contributed by atoms with van der Waals surface area (Å²) in [5, 5.41) is 3.28. The lowest BCUT2D eigenvalue weighted by Gasteiger charge is -2.14. The van der Waals surface area contributed by atoms with Gasteiger partial charge in [-0.1, -0.05) is 17.7 Å². The van der Waals surface area contributed by atoms with Gasteiger partial charge in [-0.3, -0.25) is 9.52 Å². The Morgan fingerprint density at radius 3 is 2.22 bits per heavy atom. The molecule has 0 heterocycles. The summed E-state index contributed by atoms with van der Waals surface area (Å²) in [5.41, 5.74) is 2.41. The fourth-order valence-corrected chi connectivity index (χ4v) is 4.24. The SMILES string of the molecule is COc1ccc(NS(=O)(=O)c2ccc(C)c(C(=O)Nc3cc(C)c(Cl)cc3OC)c2)cc1. The van der Waals surface area contributed by atoms with Crippen LogP contribution in [0.25, 0.3) is 0 Å². The minimum Gasteiger partial charge on any atom is -0.497 e. The van der Waals surface area contributed by atoms with Crippen LogP contribution < -0.4 is 19.5 Å². The number of ether oxygens (including phenoxy) is 2. The summed E-state index contributed by atoms with van der Waals surface area (Å²) in [6.07, 6.45) is 0. The second-order valence-electron chi connectivity index (χ2n) is 7.07. The highest BCUT2D eigenvalue weighted by atomic mass is 35.5. The molecule has 0 fully saturated rings. The van der Waals surface area contributed by atoms with Gasteiger partial charge in [0.15, 0.2) is 0 Å². The number of carbonyl (C=O) groups is 1. The van der Waals surface area contributed by atoms with E-state index in [2.05, 4.69) is 10.0 Å². The predicted octanol–water partition coefficient (Wildman–Crippen LogP) is 5.03. The van der Waals surface area contributed by atoms with E-state index < -0.39 is 15.9 Å². The number of nitrogens with one attached hydrogen (secondary N) is 2. The molecular weight excluding hydrogens is 452 g/mol. The number of hydrogen-bond acceptors (Lipinski definition) is 5. The van der Waals surface area contributed by atoms with Gasteiger partial charge in [-0.15, -0.1) is 0 Å². The number of rotatable bonds is 7. The van der Waals surface area contributed by atoms with Crippen LogP contribution in [0, 0.1) is 13.8 Å². The summed E-state index contributed by atoms with van der Waals surface area (Å²) in [4.78, 5) is 12.9. The van der Waals surface area contributed by atoms with Gasteiger partial charge >= 0.3 is 0 Å². The quantitative estimate of drug-likeness (QED) is 0.501. The van der Waals surface area contributed by atoms with Crippen molar-refractivity contribution in [1.82, 2.24) is 0 Å². The zero-order chi connectivity index (χ0) is 23.5. The first-order chi connectivity index (χ1) is 15.1. The second kappa shape index (κ2) is 9.50. The van der Waals surface area contributed by atoms with E-state index >= 15 is 0 Å². The molecule has 9 heteroatoms. The summed E-state index contributed by atoms with van der Waals surface area (Å²) in [7, 11) is -0.918. The van der Waals surface area contributed by atoms with Crippen LogP contribution in [0.5, 0.6) is 11.5 Å². The average Bonchev–Trinajstić information content (AvgIpc) is 2.76. The normalized spacial score (nSPS) is 11.0. The molecule has 0 atom stereocenters. The van der Waals surface area contributed by atoms with Crippen molar-refractivity contribution >= 4 is 38.9 Å². The van der Waals surface area contributed by atoms with Crippen LogP contribution in [0.1, 0.15) is 21.5 Å². The van der Waals surface area contributed by atoms with Crippen LogP contribution in [0.4, 0.5) is 11.4 Å². The monoisotopic (exact) mass is 474 g/mol. The number of carbonyl (C=O) groups excluding carboxylic acids is 1. The Hall–Kier alpha value is -3.23. The van der Waals surface area contributed by atoms with Gasteiger partial charge in [0.1, 0.15) is 11.5 Å². The molecule has 1 amide bonds. The number of aryl methyl sites for hydroxylation is 2. The minimum absolute atomic E-state index is 0.0386. The van der Waals surface area contributed by atoms with Gasteiger partial charge in [-0.25, -0.2) is 8.42 Å². The molecule has 0 aliphatic carbocycles. The molecule has 0 aliphatic rings. The van der Waals surface area contributed by atoms with Crippen LogP contribution >= 0.6 is 11.6 Å². The summed E-state index contributed by atoms with van der Waals surface area (Å²) in [6, 6.07) is 14.2. The lowest BCUT2D eigenvalue weighted by molar-refractivity contribution is 0.102. The van der Waals surface area contributed by atoms with Crippen molar-refractivity contribution in [2.75, 3.05) is 24.3 Å². The summed E-state index contributed by atoms with van der Waals surface area (Å²) < 4.78 is 38.6. The van der Waals surface area contributed by atoms with Crippen molar-refractivity contribution in [3.63, 3.8) is 0 Å². The highest BCUT2D eigenvalue weighted by Gasteiger charge is 2.19. The van der Waals surface area contributed by atoms with E-state index in [-0.39, 0.29) is 10.5 Å². The van der Waals surface area contributed by atoms with E-state index in [0.717, 1.165) is 5.56 Å². The maximum Gasteiger partial charge on any atom is 0.261 e. The Kier molecular flexibility index (Phi) is 6.96. The first kappa shape index (κ1) is 23.4. The lowest BCUT2D eigenvalue weighted by Crippen LogP contribution is -2.17. The van der Waals surface area contributed by atoms with E-state index in [1.54, 1.807) is 56.3 Å². The zero-order valence-corrected chi connectivity index (χ0v) is 19.6. The van der Waals surface area contributed by atoms with E-state index in [9.17, 15) is 13.2 Å². The van der Waals surface area contributed by atoms with Crippen LogP contribution in [0.3, 0.4) is 0 Å². The second-order valence-corrected chi connectivity index (χ2v) is 9.16. The van der Waals surface area contributed by atoms with Crippen molar-refractivity contribution in [3.05, 3.63) is 76.3 Å². The molecule has 168 valence electrons. The van der Waals surface area contributed by atoms with Crippen molar-refractivity contribution < 1.29 is 22.7 Å². The predicted molar refractivity (Wildman–Crippen MR) is 126 cm³/mol. The van der Waals surface area contributed by atoms with Crippen molar-refractivity contribution in [2.45, 2.75) is 18.7 Å². The van der Waals surface area contributed by atoms with Crippen LogP contribution in [-0.2, 0) is 10.0 Å². The summed E-state index contributed by atoms with van der Waals surface area (Å²) >= 11 is 6.12. The molecule has 0 spiro atoms. The molecule has 0 bridgehead atoms. The number of hydrogen-bond donors (Lipinski definition) is 2. The van der Waals surface area contributed by atoms with Gasteiger partial charge in [-0.05, 0) is 67.4 Å². The maximum atomic E-state index is 13.0. The molecule has 7 nitrogen and oxygen atoms in total. The minimum atomic E-state index is -3.92. The molecule has 0 aliphatic heterocycles. The maximum absolute atomic E-state index is 13.0. The molecule has 0 aromatic heterocycles. The number of halogens is 1. The van der Waals surface area contributed by atoms with E-state index in [4.69, 9.17) is 21.1 Å². The van der Waals surface area contributed by atoms with E-state index in [1.807, 2.05) is 0 Å². The van der Waals surface area contributed by atoms with Crippen LogP contribution in [0.15, 0.2) is 59.5 Å². The van der Waals surface area contributed by atoms with Crippen LogP contribution in [-0.4, -0.2) is 28.5 Å². The Morgan fingerprint density at radius 2 is 1.59 bits per heavy atom. The van der Waals surface area contributed by atoms with Crippen molar-refractivity contribution in [1.29, 1.82) is 0 Å². The third-order valence-corrected chi connectivity index (χ3v) is 6.62. The molecule has 3 aromatic carbocycles. The van der Waals surface area contributed by atoms with Gasteiger partial charge in [0.05, 0.1) is 24.8 Å². The molecule has 3 rings (SSSR count). The van der Waals surface area contributed by atoms with Gasteiger partial charge in [-0.2, -0.15) is 0 Å². The smallest absolute Gasteiger partial charge is 0.261 e. The van der Waals surface area contributed by atoms with Gasteiger partial charge in [0.2, 0.25) is 0 Å². The third-order valence-electron chi connectivity index (χ3n) is 4.84. The molecular formula is C23H23ClN2O5S. The fourth-order valence-electron chi connectivity index (χ4n) is 3.01. The number of sulfonamides is 1. The van der Waals surface area contributed by atoms with Crippen LogP contribution in [0.2, 0.25) is 5.02 Å². The number of amides is 1. The first-order valence-electron chi connectivity index (χ1n) is 9.57.